The van der Waals surface area contributed by atoms with Crippen molar-refractivity contribution in [3.8, 4) is 0 Å². The Morgan fingerprint density at radius 3 is 2.74 bits per heavy atom. The minimum Gasteiger partial charge on any atom is -0.477 e. The molecular weight excluding hydrogens is 513 g/mol. The van der Waals surface area contributed by atoms with Gasteiger partial charge in [0.05, 0.1) is 6.04 Å². The number of fused-ring (bicyclic) bond motifs is 1. The number of anilines is 2. The second-order valence-electron chi connectivity index (χ2n) is 7.11. The molecule has 0 aromatic carbocycles. The number of halogens is 2. The van der Waals surface area contributed by atoms with Crippen molar-refractivity contribution in [1.29, 1.82) is 0 Å². The zero-order valence-electron chi connectivity index (χ0n) is 16.9. The van der Waals surface area contributed by atoms with Crippen LogP contribution in [-0.4, -0.2) is 60.8 Å². The maximum absolute atomic E-state index is 13.7. The highest BCUT2D eigenvalue weighted by Gasteiger charge is 2.54. The second kappa shape index (κ2) is 9.08. The summed E-state index contributed by atoms with van der Waals surface area (Å²) in [4.78, 5) is 46.7. The number of pyridine rings is 1. The minimum absolute atomic E-state index is 0.0195. The number of hydrogen-bond donors (Lipinski definition) is 5. The number of carbonyl (C=O) groups excluding carboxylic acids is 2. The number of carboxylic acids is 1. The lowest BCUT2D eigenvalue weighted by Gasteiger charge is -2.50. The third-order valence-electron chi connectivity index (χ3n) is 5.11. The number of nitrogens with two attached hydrogens (primary N) is 2. The van der Waals surface area contributed by atoms with Crippen LogP contribution in [0.5, 0.6) is 0 Å². The number of rotatable bonds is 6. The summed E-state index contributed by atoms with van der Waals surface area (Å²) in [6.07, 6.45) is 1.86. The highest BCUT2D eigenvalue weighted by Crippen LogP contribution is 2.43. The number of thioether (sulfide) groups is 1. The molecule has 4 rings (SSSR count). The van der Waals surface area contributed by atoms with Crippen LogP contribution in [0.15, 0.2) is 32.9 Å². The van der Waals surface area contributed by atoms with Gasteiger partial charge in [0.15, 0.2) is 22.5 Å². The average Bonchev–Trinajstić information content (AvgIpc) is 3.12. The Morgan fingerprint density at radius 1 is 1.41 bits per heavy atom. The van der Waals surface area contributed by atoms with Gasteiger partial charge in [-0.1, -0.05) is 39.9 Å². The Hall–Kier alpha value is -3.43. The van der Waals surface area contributed by atoms with Gasteiger partial charge in [0.1, 0.15) is 21.8 Å². The van der Waals surface area contributed by atoms with Gasteiger partial charge < -0.3 is 27.1 Å². The third-order valence-corrected chi connectivity index (χ3v) is 7.29. The van der Waals surface area contributed by atoms with Crippen molar-refractivity contribution in [3.05, 3.63) is 38.7 Å². The molecule has 0 radical (unpaired) electrons. The molecule has 2 aliphatic heterocycles. The highest BCUT2D eigenvalue weighted by molar-refractivity contribution is 8.03. The number of β-lactam (4-membered cyclic amide) rings is 1. The van der Waals surface area contributed by atoms with E-state index in [2.05, 4.69) is 20.4 Å². The fourth-order valence-electron chi connectivity index (χ4n) is 3.63. The minimum atomic E-state index is -1.35. The zero-order chi connectivity index (χ0) is 24.7. The summed E-state index contributed by atoms with van der Waals surface area (Å²) in [6, 6.07) is -0.585. The molecule has 0 saturated carbocycles. The van der Waals surface area contributed by atoms with E-state index >= 15 is 0 Å². The Morgan fingerprint density at radius 2 is 2.15 bits per heavy atom. The van der Waals surface area contributed by atoms with Crippen LogP contribution in [0.1, 0.15) is 18.5 Å². The van der Waals surface area contributed by atoms with E-state index in [9.17, 15) is 29.1 Å². The highest BCUT2D eigenvalue weighted by atomic mass is 35.5. The molecule has 0 aliphatic carbocycles. The number of aliphatic carboxylic acids is 1. The van der Waals surface area contributed by atoms with Crippen LogP contribution in [0.3, 0.4) is 0 Å². The van der Waals surface area contributed by atoms with Gasteiger partial charge in [-0.05, 0) is 18.9 Å². The molecule has 0 bridgehead atoms. The Kier molecular flexibility index (Phi) is 6.33. The number of nitrogens with zero attached hydrogens (tertiary/aromatic N) is 4. The Bertz CT molecular complexity index is 1280. The molecule has 1 fully saturated rings. The maximum Gasteiger partial charge on any atom is 0.353 e. The molecule has 2 aromatic rings. The van der Waals surface area contributed by atoms with Crippen molar-refractivity contribution in [1.82, 2.24) is 20.2 Å². The molecule has 2 aromatic heterocycles. The fourth-order valence-corrected chi connectivity index (χ4v) is 5.61. The summed E-state index contributed by atoms with van der Waals surface area (Å²) >= 11 is 7.80. The molecule has 1 unspecified atom stereocenters. The third kappa shape index (κ3) is 4.12. The summed E-state index contributed by atoms with van der Waals surface area (Å²) in [5.74, 6) is -3.99. The smallest absolute Gasteiger partial charge is 0.353 e. The van der Waals surface area contributed by atoms with Gasteiger partial charge >= 0.3 is 5.97 Å². The van der Waals surface area contributed by atoms with Gasteiger partial charge in [-0.25, -0.2) is 19.2 Å². The Labute approximate surface area is 203 Å². The van der Waals surface area contributed by atoms with Crippen molar-refractivity contribution in [2.75, 3.05) is 11.5 Å². The number of carboxylic acid groups (broad SMARTS) is 1. The second-order valence-corrected chi connectivity index (χ2v) is 9.91. The predicted octanol–water partition coefficient (Wildman–Crippen LogP) is 1.25. The van der Waals surface area contributed by atoms with Gasteiger partial charge in [-0.3, -0.25) is 14.5 Å². The van der Waals surface area contributed by atoms with Crippen LogP contribution < -0.4 is 16.8 Å². The Balaban J connectivity index is 1.54. The molecular formula is C18H15ClFN7O5S2. The van der Waals surface area contributed by atoms with Crippen molar-refractivity contribution in [2.45, 2.75) is 29.8 Å². The first-order valence-corrected chi connectivity index (χ1v) is 11.5. The quantitative estimate of drug-likeness (QED) is 0.158. The zero-order valence-corrected chi connectivity index (χ0v) is 19.2. The van der Waals surface area contributed by atoms with E-state index in [1.807, 2.05) is 0 Å². The summed E-state index contributed by atoms with van der Waals surface area (Å²) in [7, 11) is 0. The monoisotopic (exact) mass is 527 g/mol. The summed E-state index contributed by atoms with van der Waals surface area (Å²) in [6.45, 7) is 0. The molecule has 16 heteroatoms. The molecule has 0 spiro atoms. The maximum atomic E-state index is 13.7. The SMILES string of the molecule is Nc1nc(/C(=N/O)C(=O)N[C@@H]2C(=O)N3C(C(=O)O)=C(Sc4cnc(N)c(F)c4)CCC23)c(Cl)s1. The van der Waals surface area contributed by atoms with Crippen LogP contribution >= 0.6 is 34.7 Å². The van der Waals surface area contributed by atoms with Crippen molar-refractivity contribution in [2.24, 2.45) is 5.16 Å². The van der Waals surface area contributed by atoms with E-state index in [0.29, 0.717) is 16.2 Å². The molecule has 2 amide bonds. The number of aromatic nitrogens is 2. The van der Waals surface area contributed by atoms with Crippen molar-refractivity contribution in [3.63, 3.8) is 0 Å². The van der Waals surface area contributed by atoms with E-state index in [0.717, 1.165) is 34.1 Å². The van der Waals surface area contributed by atoms with Crippen LogP contribution in [0.4, 0.5) is 15.3 Å². The lowest BCUT2D eigenvalue weighted by Crippen LogP contribution is -2.72. The molecule has 4 heterocycles. The van der Waals surface area contributed by atoms with Crippen LogP contribution in [-0.2, 0) is 14.4 Å². The van der Waals surface area contributed by atoms with E-state index in [-0.39, 0.29) is 33.1 Å². The lowest BCUT2D eigenvalue weighted by atomic mass is 9.86. The van der Waals surface area contributed by atoms with Gasteiger partial charge in [0.2, 0.25) is 0 Å². The number of nitrogen functional groups attached to an aromatic ring is 2. The number of allylic oxidation sites excluding steroid dienone is 1. The van der Waals surface area contributed by atoms with Crippen molar-refractivity contribution < 1.29 is 29.1 Å². The molecule has 7 N–H and O–H groups in total. The molecule has 2 aliphatic rings. The molecule has 178 valence electrons. The van der Waals surface area contributed by atoms with Crippen LogP contribution in [0.2, 0.25) is 4.34 Å². The van der Waals surface area contributed by atoms with E-state index in [1.54, 1.807) is 0 Å². The largest absolute Gasteiger partial charge is 0.477 e. The average molecular weight is 528 g/mol. The first-order chi connectivity index (χ1) is 16.1. The molecule has 2 atom stereocenters. The molecule has 12 nitrogen and oxygen atoms in total. The summed E-state index contributed by atoms with van der Waals surface area (Å²) in [5, 5.41) is 24.4. The standard InChI is InChI=1S/C18H15ClFN7O5S2/c19-13-10(25-18(22)34-13)11(26-32)15(28)24-9-7-1-2-8(12(17(30)31)27(7)16(9)29)33-5-3-6(20)14(21)23-4-5/h3-4,7,9,32H,1-2H2,(H2,21,23)(H2,22,25)(H,24,28)(H,30,31)/b26-11-/t7?,9-/m0/s1. The topological polar surface area (TPSA) is 197 Å². The van der Waals surface area contributed by atoms with E-state index < -0.39 is 41.4 Å². The normalized spacial score (nSPS) is 20.1. The lowest BCUT2D eigenvalue weighted by molar-refractivity contribution is -0.155. The van der Waals surface area contributed by atoms with Crippen LogP contribution in [0, 0.1) is 5.82 Å². The fraction of sp³-hybridized carbons (Fsp3) is 0.222. The molecule has 1 saturated heterocycles. The number of nitrogens with one attached hydrogen (secondary N) is 1. The van der Waals surface area contributed by atoms with Gasteiger partial charge in [0.25, 0.3) is 11.8 Å². The molecule has 34 heavy (non-hydrogen) atoms. The van der Waals surface area contributed by atoms with Gasteiger partial charge in [-0.2, -0.15) is 0 Å². The summed E-state index contributed by atoms with van der Waals surface area (Å²) < 4.78 is 13.8. The van der Waals surface area contributed by atoms with E-state index in [4.69, 9.17) is 23.1 Å². The summed E-state index contributed by atoms with van der Waals surface area (Å²) in [5.41, 5.74) is 9.97. The number of oxime groups is 1. The number of hydrogen-bond acceptors (Lipinski definition) is 11. The number of amides is 2. The first-order valence-electron chi connectivity index (χ1n) is 9.45. The number of thiazole rings is 1. The van der Waals surface area contributed by atoms with Crippen molar-refractivity contribution >= 4 is 69.1 Å². The number of carbonyl (C=O) groups is 3. The predicted molar refractivity (Wildman–Crippen MR) is 121 cm³/mol. The first kappa shape index (κ1) is 23.7. The van der Waals surface area contributed by atoms with Crippen LogP contribution in [0.25, 0.3) is 0 Å². The van der Waals surface area contributed by atoms with E-state index in [1.165, 1.54) is 6.20 Å². The van der Waals surface area contributed by atoms with Gasteiger partial charge in [0, 0.05) is 16.0 Å². The van der Waals surface area contributed by atoms with Gasteiger partial charge in [-0.15, -0.1) is 0 Å².